The van der Waals surface area contributed by atoms with Gasteiger partial charge in [0, 0.05) is 43.9 Å². The van der Waals surface area contributed by atoms with Gasteiger partial charge in [0.25, 0.3) is 11.5 Å². The van der Waals surface area contributed by atoms with Crippen molar-refractivity contribution in [2.75, 3.05) is 6.54 Å². The predicted molar refractivity (Wildman–Crippen MR) is 89.5 cm³/mol. The molecular formula is C17H17N5O2. The minimum absolute atomic E-state index is 0.137. The van der Waals surface area contributed by atoms with E-state index in [2.05, 4.69) is 15.4 Å². The topological polar surface area (TPSA) is 81.8 Å². The van der Waals surface area contributed by atoms with Crippen LogP contribution in [0.1, 0.15) is 10.4 Å². The Morgan fingerprint density at radius 1 is 1.17 bits per heavy atom. The van der Waals surface area contributed by atoms with Crippen LogP contribution in [0.3, 0.4) is 0 Å². The summed E-state index contributed by atoms with van der Waals surface area (Å²) in [7, 11) is 1.61. The summed E-state index contributed by atoms with van der Waals surface area (Å²) >= 11 is 0. The highest BCUT2D eigenvalue weighted by atomic mass is 16.2. The maximum Gasteiger partial charge on any atom is 0.263 e. The molecule has 0 atom stereocenters. The van der Waals surface area contributed by atoms with Gasteiger partial charge in [-0.25, -0.2) is 0 Å². The minimum atomic E-state index is -0.377. The maximum absolute atomic E-state index is 12.1. The first-order chi connectivity index (χ1) is 11.6. The van der Waals surface area contributed by atoms with Crippen LogP contribution in [0.15, 0.2) is 59.9 Å². The van der Waals surface area contributed by atoms with Crippen LogP contribution in [-0.2, 0) is 13.6 Å². The molecule has 3 aromatic heterocycles. The van der Waals surface area contributed by atoms with Gasteiger partial charge in [0.05, 0.1) is 12.2 Å². The highest BCUT2D eigenvalue weighted by Gasteiger charge is 2.10. The van der Waals surface area contributed by atoms with E-state index >= 15 is 0 Å². The second-order valence-electron chi connectivity index (χ2n) is 5.29. The van der Waals surface area contributed by atoms with Crippen LogP contribution in [0.25, 0.3) is 11.3 Å². The van der Waals surface area contributed by atoms with Crippen molar-refractivity contribution in [3.05, 3.63) is 71.0 Å². The first kappa shape index (κ1) is 15.7. The van der Waals surface area contributed by atoms with Gasteiger partial charge in [-0.1, -0.05) is 0 Å². The van der Waals surface area contributed by atoms with E-state index < -0.39 is 0 Å². The molecule has 24 heavy (non-hydrogen) atoms. The van der Waals surface area contributed by atoms with E-state index in [1.54, 1.807) is 36.4 Å². The van der Waals surface area contributed by atoms with Gasteiger partial charge in [-0.05, 0) is 30.3 Å². The Labute approximate surface area is 138 Å². The summed E-state index contributed by atoms with van der Waals surface area (Å²) < 4.78 is 3.13. The maximum atomic E-state index is 12.1. The minimum Gasteiger partial charge on any atom is -0.350 e. The molecule has 3 heterocycles. The number of nitrogens with zero attached hydrogens (tertiary/aromatic N) is 4. The summed E-state index contributed by atoms with van der Waals surface area (Å²) in [5.74, 6) is -0.377. The second kappa shape index (κ2) is 6.91. The zero-order chi connectivity index (χ0) is 16.9. The number of hydrogen-bond donors (Lipinski definition) is 1. The number of amides is 1. The van der Waals surface area contributed by atoms with Crippen LogP contribution in [-0.4, -0.2) is 31.8 Å². The van der Waals surface area contributed by atoms with Crippen molar-refractivity contribution < 1.29 is 4.79 Å². The fourth-order valence-corrected chi connectivity index (χ4v) is 2.31. The first-order valence-electron chi connectivity index (χ1n) is 7.53. The van der Waals surface area contributed by atoms with Crippen LogP contribution >= 0.6 is 0 Å². The predicted octanol–water partition coefficient (Wildman–Crippen LogP) is 1.07. The monoisotopic (exact) mass is 323 g/mol. The smallest absolute Gasteiger partial charge is 0.263 e. The third-order valence-electron chi connectivity index (χ3n) is 3.61. The summed E-state index contributed by atoms with van der Waals surface area (Å²) in [6.45, 7) is 0.901. The Kier molecular flexibility index (Phi) is 4.51. The Balaban J connectivity index is 1.59. The van der Waals surface area contributed by atoms with Crippen molar-refractivity contribution in [3.63, 3.8) is 0 Å². The summed E-state index contributed by atoms with van der Waals surface area (Å²) in [6, 6.07) is 8.88. The fourth-order valence-electron chi connectivity index (χ4n) is 2.31. The zero-order valence-electron chi connectivity index (χ0n) is 13.2. The number of rotatable bonds is 5. The Hall–Kier alpha value is -3.22. The van der Waals surface area contributed by atoms with Crippen LogP contribution < -0.4 is 10.9 Å². The summed E-state index contributed by atoms with van der Waals surface area (Å²) in [4.78, 5) is 27.9. The van der Waals surface area contributed by atoms with Gasteiger partial charge in [0.1, 0.15) is 5.56 Å². The lowest BCUT2D eigenvalue weighted by molar-refractivity contribution is 0.0950. The fraction of sp³-hybridized carbons (Fsp3) is 0.176. The van der Waals surface area contributed by atoms with Gasteiger partial charge in [-0.15, -0.1) is 0 Å². The van der Waals surface area contributed by atoms with Crippen LogP contribution in [0.4, 0.5) is 0 Å². The van der Waals surface area contributed by atoms with Gasteiger partial charge in [0.2, 0.25) is 0 Å². The molecular weight excluding hydrogens is 306 g/mol. The molecule has 0 radical (unpaired) electrons. The lowest BCUT2D eigenvalue weighted by atomic mass is 10.2. The third kappa shape index (κ3) is 3.40. The number of aryl methyl sites for hydroxylation is 1. The van der Waals surface area contributed by atoms with Crippen molar-refractivity contribution in [3.8, 4) is 11.3 Å². The summed E-state index contributed by atoms with van der Waals surface area (Å²) in [6.07, 6.45) is 6.90. The van der Waals surface area contributed by atoms with E-state index in [4.69, 9.17) is 0 Å². The van der Waals surface area contributed by atoms with Gasteiger partial charge in [-0.3, -0.25) is 19.3 Å². The van der Waals surface area contributed by atoms with E-state index in [-0.39, 0.29) is 17.0 Å². The Bertz CT molecular complexity index is 899. The molecule has 0 saturated heterocycles. The normalized spacial score (nSPS) is 10.5. The number of hydrogen-bond acceptors (Lipinski definition) is 4. The molecule has 0 spiro atoms. The van der Waals surface area contributed by atoms with E-state index in [1.165, 1.54) is 10.6 Å². The molecule has 7 nitrogen and oxygen atoms in total. The van der Waals surface area contributed by atoms with Gasteiger partial charge in [0.15, 0.2) is 0 Å². The Morgan fingerprint density at radius 3 is 2.75 bits per heavy atom. The van der Waals surface area contributed by atoms with Crippen LogP contribution in [0.5, 0.6) is 0 Å². The van der Waals surface area contributed by atoms with Crippen molar-refractivity contribution in [1.82, 2.24) is 24.6 Å². The van der Waals surface area contributed by atoms with Gasteiger partial charge >= 0.3 is 0 Å². The van der Waals surface area contributed by atoms with Gasteiger partial charge < -0.3 is 9.88 Å². The molecule has 1 amide bonds. The van der Waals surface area contributed by atoms with Crippen LogP contribution in [0, 0.1) is 0 Å². The molecule has 0 aliphatic heterocycles. The highest BCUT2D eigenvalue weighted by Crippen LogP contribution is 2.14. The van der Waals surface area contributed by atoms with E-state index in [1.807, 2.05) is 24.4 Å². The molecule has 7 heteroatoms. The third-order valence-corrected chi connectivity index (χ3v) is 3.61. The Morgan fingerprint density at radius 2 is 1.96 bits per heavy atom. The molecule has 0 bridgehead atoms. The molecule has 0 aromatic carbocycles. The van der Waals surface area contributed by atoms with Crippen molar-refractivity contribution in [2.45, 2.75) is 6.54 Å². The molecule has 1 N–H and O–H groups in total. The molecule has 3 aromatic rings. The number of carbonyl (C=O) groups excluding carboxylic acids is 1. The van der Waals surface area contributed by atoms with E-state index in [0.29, 0.717) is 13.1 Å². The second-order valence-corrected chi connectivity index (χ2v) is 5.29. The van der Waals surface area contributed by atoms with E-state index in [0.717, 1.165) is 11.3 Å². The highest BCUT2D eigenvalue weighted by molar-refractivity contribution is 5.93. The molecule has 3 rings (SSSR count). The van der Waals surface area contributed by atoms with Crippen molar-refractivity contribution in [1.29, 1.82) is 0 Å². The lowest BCUT2D eigenvalue weighted by Crippen LogP contribution is -2.33. The molecule has 0 saturated carbocycles. The SMILES string of the molecule is Cn1cccc(C(=O)NCCn2ccc(-c3ccncc3)n2)c1=O. The standard InChI is InChI=1S/C17H17N5O2/c1-21-10-2-3-14(17(21)24)16(23)19-9-12-22-11-6-15(20-22)13-4-7-18-8-5-13/h2-8,10-11H,9,12H2,1H3,(H,19,23). The average molecular weight is 323 g/mol. The van der Waals surface area contributed by atoms with Crippen LogP contribution in [0.2, 0.25) is 0 Å². The quantitative estimate of drug-likeness (QED) is 0.761. The zero-order valence-corrected chi connectivity index (χ0v) is 13.2. The van der Waals surface area contributed by atoms with E-state index in [9.17, 15) is 9.59 Å². The molecule has 0 unspecified atom stereocenters. The number of nitrogens with one attached hydrogen (secondary N) is 1. The number of carbonyl (C=O) groups is 1. The summed E-state index contributed by atoms with van der Waals surface area (Å²) in [5, 5.41) is 7.19. The number of aromatic nitrogens is 4. The van der Waals surface area contributed by atoms with Gasteiger partial charge in [-0.2, -0.15) is 5.10 Å². The first-order valence-corrected chi connectivity index (χ1v) is 7.53. The largest absolute Gasteiger partial charge is 0.350 e. The molecule has 0 aliphatic carbocycles. The molecule has 0 aliphatic rings. The number of pyridine rings is 2. The lowest BCUT2D eigenvalue weighted by Gasteiger charge is -2.06. The molecule has 0 fully saturated rings. The molecule has 122 valence electrons. The summed E-state index contributed by atoms with van der Waals surface area (Å²) in [5.41, 5.74) is 1.66. The van der Waals surface area contributed by atoms with Crippen molar-refractivity contribution in [2.24, 2.45) is 7.05 Å². The van der Waals surface area contributed by atoms with Crippen molar-refractivity contribution >= 4 is 5.91 Å². The average Bonchev–Trinajstić information content (AvgIpc) is 3.07.